The fourth-order valence-corrected chi connectivity index (χ4v) is 4.76. The largest absolute Gasteiger partial charge is 0.483 e. The first-order valence-corrected chi connectivity index (χ1v) is 11.2. The van der Waals surface area contributed by atoms with Crippen molar-refractivity contribution in [2.24, 2.45) is 11.8 Å². The molecule has 10 heteroatoms. The van der Waals surface area contributed by atoms with Gasteiger partial charge in [-0.1, -0.05) is 6.07 Å². The summed E-state index contributed by atoms with van der Waals surface area (Å²) in [5, 5.41) is 14.2. The Kier molecular flexibility index (Phi) is 6.62. The lowest BCUT2D eigenvalue weighted by atomic mass is 9.82. The summed E-state index contributed by atoms with van der Waals surface area (Å²) in [4.78, 5) is 61.2. The predicted molar refractivity (Wildman–Crippen MR) is 114 cm³/mol. The molecule has 10 nitrogen and oxygen atoms in total. The van der Waals surface area contributed by atoms with Gasteiger partial charge in [0.05, 0.1) is 12.5 Å². The highest BCUT2D eigenvalue weighted by atomic mass is 16.5. The van der Waals surface area contributed by atoms with Gasteiger partial charge in [-0.15, -0.1) is 0 Å². The van der Waals surface area contributed by atoms with E-state index in [0.29, 0.717) is 36.3 Å². The molecule has 3 aliphatic rings. The van der Waals surface area contributed by atoms with Crippen molar-refractivity contribution >= 4 is 29.6 Å². The molecular formula is C23H27N3O7. The number of rotatable bonds is 7. The van der Waals surface area contributed by atoms with E-state index in [9.17, 15) is 24.0 Å². The van der Waals surface area contributed by atoms with Crippen LogP contribution in [-0.4, -0.2) is 58.8 Å². The third kappa shape index (κ3) is 4.99. The van der Waals surface area contributed by atoms with Gasteiger partial charge in [0.2, 0.25) is 11.8 Å². The van der Waals surface area contributed by atoms with Crippen LogP contribution in [0.3, 0.4) is 0 Å². The lowest BCUT2D eigenvalue weighted by Crippen LogP contribution is -2.52. The zero-order valence-corrected chi connectivity index (χ0v) is 18.2. The first-order valence-electron chi connectivity index (χ1n) is 11.2. The normalized spacial score (nSPS) is 24.8. The number of fused-ring (bicyclic) bond motifs is 1. The highest BCUT2D eigenvalue weighted by Gasteiger charge is 2.40. The van der Waals surface area contributed by atoms with Crippen LogP contribution in [-0.2, 0) is 25.7 Å². The number of hydrogen-bond donors (Lipinski definition) is 3. The second kappa shape index (κ2) is 9.60. The Bertz CT molecular complexity index is 984. The number of ether oxygens (including phenoxy) is 1. The molecule has 33 heavy (non-hydrogen) atoms. The van der Waals surface area contributed by atoms with Crippen molar-refractivity contribution in [2.45, 2.75) is 51.1 Å². The van der Waals surface area contributed by atoms with Gasteiger partial charge in [0.25, 0.3) is 11.8 Å². The molecule has 1 aliphatic carbocycles. The second-order valence-electron chi connectivity index (χ2n) is 8.83. The summed E-state index contributed by atoms with van der Waals surface area (Å²) in [6.45, 7) is 0.432. The summed E-state index contributed by atoms with van der Waals surface area (Å²) >= 11 is 0. The molecule has 2 heterocycles. The van der Waals surface area contributed by atoms with Crippen LogP contribution in [0.2, 0.25) is 0 Å². The number of aliphatic carboxylic acids is 1. The van der Waals surface area contributed by atoms with Crippen LogP contribution in [0.1, 0.15) is 54.4 Å². The fourth-order valence-electron chi connectivity index (χ4n) is 4.76. The maximum atomic E-state index is 12.8. The minimum atomic E-state index is -0.754. The number of carboxylic acids is 1. The molecule has 4 amide bonds. The number of carboxylic acid groups (broad SMARTS) is 1. The van der Waals surface area contributed by atoms with Crippen LogP contribution in [0, 0.1) is 11.8 Å². The van der Waals surface area contributed by atoms with Crippen molar-refractivity contribution in [3.8, 4) is 5.75 Å². The monoisotopic (exact) mass is 457 g/mol. The van der Waals surface area contributed by atoms with Crippen molar-refractivity contribution in [1.29, 1.82) is 0 Å². The summed E-state index contributed by atoms with van der Waals surface area (Å²) in [7, 11) is 0. The van der Waals surface area contributed by atoms with Gasteiger partial charge in [0.1, 0.15) is 11.8 Å². The molecule has 1 atom stereocenters. The minimum Gasteiger partial charge on any atom is -0.483 e. The Labute approximate surface area is 190 Å². The molecule has 0 spiro atoms. The van der Waals surface area contributed by atoms with Crippen molar-refractivity contribution in [3.63, 3.8) is 0 Å². The van der Waals surface area contributed by atoms with E-state index in [1.807, 2.05) is 0 Å². The molecule has 176 valence electrons. The predicted octanol–water partition coefficient (Wildman–Crippen LogP) is 0.834. The van der Waals surface area contributed by atoms with Crippen molar-refractivity contribution in [1.82, 2.24) is 15.5 Å². The number of imide groups is 1. The minimum absolute atomic E-state index is 0.172. The van der Waals surface area contributed by atoms with Gasteiger partial charge >= 0.3 is 5.97 Å². The zero-order chi connectivity index (χ0) is 23.5. The van der Waals surface area contributed by atoms with Gasteiger partial charge in [-0.2, -0.15) is 0 Å². The smallest absolute Gasteiger partial charge is 0.306 e. The maximum Gasteiger partial charge on any atom is 0.306 e. The van der Waals surface area contributed by atoms with E-state index in [-0.39, 0.29) is 55.6 Å². The quantitative estimate of drug-likeness (QED) is 0.515. The van der Waals surface area contributed by atoms with E-state index in [0.717, 1.165) is 12.8 Å². The van der Waals surface area contributed by atoms with Crippen LogP contribution in [0.15, 0.2) is 18.2 Å². The second-order valence-corrected chi connectivity index (χ2v) is 8.83. The Morgan fingerprint density at radius 3 is 2.58 bits per heavy atom. The molecule has 0 aromatic heterocycles. The Balaban J connectivity index is 1.30. The Morgan fingerprint density at radius 1 is 1.12 bits per heavy atom. The molecular weight excluding hydrogens is 430 g/mol. The van der Waals surface area contributed by atoms with Crippen molar-refractivity contribution < 1.29 is 33.8 Å². The summed E-state index contributed by atoms with van der Waals surface area (Å²) in [6, 6.07) is 4.29. The molecule has 2 aliphatic heterocycles. The SMILES string of the molecule is O=C(COc1cccc2c1CN(C1CCC(=O)NC1=O)C2=O)NCC1CCC(C(=O)O)CC1. The number of amides is 4. The lowest BCUT2D eigenvalue weighted by molar-refractivity contribution is -0.143. The number of nitrogens with one attached hydrogen (secondary N) is 2. The average molecular weight is 457 g/mol. The zero-order valence-electron chi connectivity index (χ0n) is 18.2. The van der Waals surface area contributed by atoms with Gasteiger partial charge in [-0.25, -0.2) is 0 Å². The topological polar surface area (TPSA) is 142 Å². The van der Waals surface area contributed by atoms with E-state index >= 15 is 0 Å². The number of carbonyl (C=O) groups excluding carboxylic acids is 4. The molecule has 1 aromatic carbocycles. The standard InChI is InChI=1S/C23H27N3O7/c27-19-9-8-17(21(29)25-19)26-11-16-15(22(26)30)2-1-3-18(16)33-12-20(28)24-10-13-4-6-14(7-5-13)23(31)32/h1-3,13-14,17H,4-12H2,(H,24,28)(H,31,32)(H,25,27,29). The van der Waals surface area contributed by atoms with Gasteiger partial charge in [-0.05, 0) is 50.2 Å². The number of piperidine rings is 1. The van der Waals surface area contributed by atoms with Gasteiger partial charge in [0, 0.05) is 24.1 Å². The number of carbonyl (C=O) groups is 5. The van der Waals surface area contributed by atoms with Crippen LogP contribution >= 0.6 is 0 Å². The number of nitrogens with zero attached hydrogens (tertiary/aromatic N) is 1. The highest BCUT2D eigenvalue weighted by Crippen LogP contribution is 2.33. The molecule has 4 rings (SSSR count). The van der Waals surface area contributed by atoms with E-state index < -0.39 is 17.9 Å². The molecule has 0 radical (unpaired) electrons. The first-order chi connectivity index (χ1) is 15.8. The third-order valence-electron chi connectivity index (χ3n) is 6.68. The summed E-state index contributed by atoms with van der Waals surface area (Å²) in [5.41, 5.74) is 1.04. The molecule has 1 aromatic rings. The number of benzene rings is 1. The summed E-state index contributed by atoms with van der Waals surface area (Å²) in [6.07, 6.45) is 3.24. The highest BCUT2D eigenvalue weighted by molar-refractivity contribution is 6.05. The number of hydrogen-bond acceptors (Lipinski definition) is 6. The van der Waals surface area contributed by atoms with Crippen molar-refractivity contribution in [3.05, 3.63) is 29.3 Å². The Hall–Kier alpha value is -3.43. The van der Waals surface area contributed by atoms with E-state index in [1.165, 1.54) is 4.90 Å². The van der Waals surface area contributed by atoms with Crippen LogP contribution in [0.25, 0.3) is 0 Å². The molecule has 1 saturated carbocycles. The van der Waals surface area contributed by atoms with Gasteiger partial charge < -0.3 is 20.1 Å². The van der Waals surface area contributed by atoms with Gasteiger partial charge in [-0.3, -0.25) is 29.3 Å². The molecule has 2 fully saturated rings. The van der Waals surface area contributed by atoms with E-state index in [4.69, 9.17) is 9.84 Å². The molecule has 3 N–H and O–H groups in total. The van der Waals surface area contributed by atoms with Crippen LogP contribution in [0.4, 0.5) is 0 Å². The van der Waals surface area contributed by atoms with Gasteiger partial charge in [0.15, 0.2) is 6.61 Å². The summed E-state index contributed by atoms with van der Waals surface area (Å²) in [5.74, 6) is -1.79. The fraction of sp³-hybridized carbons (Fsp3) is 0.522. The van der Waals surface area contributed by atoms with Crippen LogP contribution in [0.5, 0.6) is 5.75 Å². The molecule has 1 unspecified atom stereocenters. The van der Waals surface area contributed by atoms with Crippen LogP contribution < -0.4 is 15.4 Å². The lowest BCUT2D eigenvalue weighted by Gasteiger charge is -2.29. The average Bonchev–Trinajstić information content (AvgIpc) is 3.13. The summed E-state index contributed by atoms with van der Waals surface area (Å²) < 4.78 is 5.70. The van der Waals surface area contributed by atoms with Crippen molar-refractivity contribution in [2.75, 3.05) is 13.2 Å². The molecule has 1 saturated heterocycles. The van der Waals surface area contributed by atoms with E-state index in [1.54, 1.807) is 18.2 Å². The molecule has 0 bridgehead atoms. The van der Waals surface area contributed by atoms with E-state index in [2.05, 4.69) is 10.6 Å². The first kappa shape index (κ1) is 22.8. The Morgan fingerprint density at radius 2 is 1.88 bits per heavy atom. The maximum absolute atomic E-state index is 12.8. The third-order valence-corrected chi connectivity index (χ3v) is 6.68.